The molecular weight excluding hydrogens is 180 g/mol. The lowest BCUT2D eigenvalue weighted by molar-refractivity contribution is 0.258. The summed E-state index contributed by atoms with van der Waals surface area (Å²) in [5, 5.41) is 0. The molecule has 14 heavy (non-hydrogen) atoms. The first-order chi connectivity index (χ1) is 6.77. The predicted octanol–water partition coefficient (Wildman–Crippen LogP) is 1.46. The lowest BCUT2D eigenvalue weighted by Crippen LogP contribution is -2.27. The van der Waals surface area contributed by atoms with Gasteiger partial charge in [0.1, 0.15) is 0 Å². The van der Waals surface area contributed by atoms with Gasteiger partial charge in [0.05, 0.1) is 12.6 Å². The van der Waals surface area contributed by atoms with Crippen molar-refractivity contribution in [3.05, 3.63) is 0 Å². The molecule has 1 fully saturated rings. The zero-order valence-corrected chi connectivity index (χ0v) is 8.27. The number of rotatable bonds is 3. The third-order valence-electron chi connectivity index (χ3n) is 2.89. The van der Waals surface area contributed by atoms with E-state index in [0.717, 1.165) is 19.3 Å². The highest BCUT2D eigenvalue weighted by Crippen LogP contribution is 2.30. The van der Waals surface area contributed by atoms with Crippen molar-refractivity contribution in [3.8, 4) is 0 Å². The van der Waals surface area contributed by atoms with Gasteiger partial charge in [-0.15, -0.1) is 0 Å². The molecule has 0 spiro atoms. The molecule has 0 amide bonds. The molecule has 76 valence electrons. The second-order valence-corrected chi connectivity index (χ2v) is 3.88. The molecule has 3 atom stereocenters. The van der Waals surface area contributed by atoms with Gasteiger partial charge < -0.3 is 0 Å². The van der Waals surface area contributed by atoms with Crippen molar-refractivity contribution in [2.45, 2.75) is 32.2 Å². The fourth-order valence-corrected chi connectivity index (χ4v) is 1.96. The second kappa shape index (κ2) is 5.48. The number of aliphatic imine (C=N–C) groups is 2. The molecule has 0 aromatic rings. The minimum absolute atomic E-state index is 0.0631. The molecule has 0 aromatic carbocycles. The van der Waals surface area contributed by atoms with Gasteiger partial charge in [0, 0.05) is 0 Å². The van der Waals surface area contributed by atoms with Crippen LogP contribution in [0, 0.1) is 11.8 Å². The van der Waals surface area contributed by atoms with Crippen LogP contribution in [-0.4, -0.2) is 24.7 Å². The van der Waals surface area contributed by atoms with Gasteiger partial charge >= 0.3 is 0 Å². The maximum atomic E-state index is 10.2. The van der Waals surface area contributed by atoms with Crippen LogP contribution in [0.3, 0.4) is 0 Å². The number of carbonyl (C=O) groups excluding carboxylic acids is 2. The normalized spacial score (nSPS) is 31.4. The van der Waals surface area contributed by atoms with Crippen molar-refractivity contribution in [2.75, 3.05) is 6.54 Å². The van der Waals surface area contributed by atoms with Gasteiger partial charge in [-0.1, -0.05) is 6.92 Å². The van der Waals surface area contributed by atoms with E-state index in [1.54, 1.807) is 12.2 Å². The highest BCUT2D eigenvalue weighted by molar-refractivity contribution is 5.34. The van der Waals surface area contributed by atoms with Gasteiger partial charge in [-0.25, -0.2) is 19.6 Å². The Hall–Kier alpha value is -1.24. The quantitative estimate of drug-likeness (QED) is 0.504. The number of nitrogens with zero attached hydrogens (tertiary/aromatic N) is 2. The average Bonchev–Trinajstić information content (AvgIpc) is 2.19. The van der Waals surface area contributed by atoms with Gasteiger partial charge in [0.15, 0.2) is 0 Å². The maximum absolute atomic E-state index is 10.2. The van der Waals surface area contributed by atoms with Gasteiger partial charge in [-0.05, 0) is 31.1 Å². The smallest absolute Gasteiger partial charge is 0.211 e. The van der Waals surface area contributed by atoms with E-state index < -0.39 is 0 Å². The second-order valence-electron chi connectivity index (χ2n) is 3.88. The van der Waals surface area contributed by atoms with Crippen molar-refractivity contribution in [3.63, 3.8) is 0 Å². The van der Waals surface area contributed by atoms with Crippen molar-refractivity contribution in [1.82, 2.24) is 0 Å². The predicted molar refractivity (Wildman–Crippen MR) is 51.4 cm³/mol. The molecule has 1 aliphatic rings. The number of isocyanates is 2. The first-order valence-electron chi connectivity index (χ1n) is 4.88. The summed E-state index contributed by atoms with van der Waals surface area (Å²) < 4.78 is 0. The largest absolute Gasteiger partial charge is 0.235 e. The first kappa shape index (κ1) is 10.8. The molecule has 0 aliphatic heterocycles. The van der Waals surface area contributed by atoms with Crippen LogP contribution in [0.15, 0.2) is 9.98 Å². The van der Waals surface area contributed by atoms with E-state index in [1.165, 1.54) is 0 Å². The number of hydrogen-bond acceptors (Lipinski definition) is 4. The van der Waals surface area contributed by atoms with Crippen molar-refractivity contribution in [2.24, 2.45) is 21.8 Å². The molecule has 0 radical (unpaired) electrons. The Morgan fingerprint density at radius 1 is 1.29 bits per heavy atom. The van der Waals surface area contributed by atoms with Crippen molar-refractivity contribution in [1.29, 1.82) is 0 Å². The van der Waals surface area contributed by atoms with Crippen LogP contribution in [0.5, 0.6) is 0 Å². The summed E-state index contributed by atoms with van der Waals surface area (Å²) in [7, 11) is 0. The van der Waals surface area contributed by atoms with Crippen LogP contribution in [0.2, 0.25) is 0 Å². The van der Waals surface area contributed by atoms with E-state index >= 15 is 0 Å². The molecular formula is C10H14N2O2. The Morgan fingerprint density at radius 2 is 2.07 bits per heavy atom. The van der Waals surface area contributed by atoms with E-state index in [-0.39, 0.29) is 6.04 Å². The molecule has 3 unspecified atom stereocenters. The maximum Gasteiger partial charge on any atom is 0.235 e. The topological polar surface area (TPSA) is 58.9 Å². The fourth-order valence-electron chi connectivity index (χ4n) is 1.96. The van der Waals surface area contributed by atoms with Gasteiger partial charge in [0.25, 0.3) is 0 Å². The first-order valence-corrected chi connectivity index (χ1v) is 4.88. The van der Waals surface area contributed by atoms with Crippen LogP contribution in [0.25, 0.3) is 0 Å². The highest BCUT2D eigenvalue weighted by Gasteiger charge is 2.27. The standard InChI is InChI=1S/C10H14N2O2/c1-8-2-3-9(5-11-6-13)4-10(8)12-7-14/h8-10H,2-5H2,1H3. The van der Waals surface area contributed by atoms with Crippen molar-refractivity contribution < 1.29 is 9.59 Å². The number of hydrogen-bond donors (Lipinski definition) is 0. The SMILES string of the molecule is CC1CCC(CN=C=O)CC1N=C=O. The zero-order chi connectivity index (χ0) is 10.4. The summed E-state index contributed by atoms with van der Waals surface area (Å²) in [5.41, 5.74) is 0. The summed E-state index contributed by atoms with van der Waals surface area (Å²) in [6.45, 7) is 2.60. The molecule has 4 nitrogen and oxygen atoms in total. The molecule has 1 rings (SSSR count). The minimum atomic E-state index is 0.0631. The summed E-state index contributed by atoms with van der Waals surface area (Å²) >= 11 is 0. The average molecular weight is 194 g/mol. The lowest BCUT2D eigenvalue weighted by atomic mass is 9.79. The Morgan fingerprint density at radius 3 is 2.71 bits per heavy atom. The van der Waals surface area contributed by atoms with E-state index in [1.807, 2.05) is 0 Å². The summed E-state index contributed by atoms with van der Waals surface area (Å²) in [6.07, 6.45) is 6.08. The van der Waals surface area contributed by atoms with Crippen molar-refractivity contribution >= 4 is 12.2 Å². The van der Waals surface area contributed by atoms with Crippen LogP contribution in [0.4, 0.5) is 0 Å². The summed E-state index contributed by atoms with van der Waals surface area (Å²) in [5.74, 6) is 0.808. The van der Waals surface area contributed by atoms with Crippen LogP contribution in [0.1, 0.15) is 26.2 Å². The van der Waals surface area contributed by atoms with Gasteiger partial charge in [-0.2, -0.15) is 0 Å². The molecule has 4 heteroatoms. The molecule has 0 saturated heterocycles. The third-order valence-corrected chi connectivity index (χ3v) is 2.89. The third kappa shape index (κ3) is 2.91. The molecule has 1 saturated carbocycles. The van der Waals surface area contributed by atoms with Gasteiger partial charge in [-0.3, -0.25) is 0 Å². The highest BCUT2D eigenvalue weighted by atomic mass is 16.1. The van der Waals surface area contributed by atoms with Crippen LogP contribution < -0.4 is 0 Å². The minimum Gasteiger partial charge on any atom is -0.211 e. The molecule has 0 heterocycles. The Kier molecular flexibility index (Phi) is 4.24. The molecule has 0 aromatic heterocycles. The molecule has 0 N–H and O–H groups in total. The Balaban J connectivity index is 2.52. The van der Waals surface area contributed by atoms with Crippen LogP contribution >= 0.6 is 0 Å². The van der Waals surface area contributed by atoms with E-state index in [2.05, 4.69) is 16.9 Å². The summed E-state index contributed by atoms with van der Waals surface area (Å²) in [6, 6.07) is 0.0631. The fraction of sp³-hybridized carbons (Fsp3) is 0.800. The lowest BCUT2D eigenvalue weighted by Gasteiger charge is -2.29. The van der Waals surface area contributed by atoms with E-state index in [0.29, 0.717) is 18.4 Å². The zero-order valence-electron chi connectivity index (χ0n) is 8.27. The van der Waals surface area contributed by atoms with Crippen LogP contribution in [-0.2, 0) is 9.59 Å². The Bertz CT molecular complexity index is 278. The molecule has 0 bridgehead atoms. The van der Waals surface area contributed by atoms with E-state index in [9.17, 15) is 9.59 Å². The van der Waals surface area contributed by atoms with E-state index in [4.69, 9.17) is 0 Å². The van der Waals surface area contributed by atoms with Gasteiger partial charge in [0.2, 0.25) is 12.2 Å². The Labute approximate surface area is 83.1 Å². The molecule has 1 aliphatic carbocycles. The monoisotopic (exact) mass is 194 g/mol. The summed E-state index contributed by atoms with van der Waals surface area (Å²) in [4.78, 5) is 27.5.